The van der Waals surface area contributed by atoms with E-state index in [4.69, 9.17) is 9.84 Å². The van der Waals surface area contributed by atoms with Crippen LogP contribution in [0.2, 0.25) is 0 Å². The average molecular weight is 355 g/mol. The van der Waals surface area contributed by atoms with Gasteiger partial charge in [0.05, 0.1) is 6.10 Å². The second-order valence-electron chi connectivity index (χ2n) is 6.43. The van der Waals surface area contributed by atoms with Crippen LogP contribution in [0, 0.1) is 6.92 Å². The highest BCUT2D eigenvalue weighted by Crippen LogP contribution is 2.25. The van der Waals surface area contributed by atoms with Gasteiger partial charge in [-0.1, -0.05) is 24.3 Å². The van der Waals surface area contributed by atoms with Gasteiger partial charge in [0.2, 0.25) is 0 Å². The van der Waals surface area contributed by atoms with E-state index in [9.17, 15) is 9.59 Å². The zero-order valence-corrected chi connectivity index (χ0v) is 15.4. The number of aliphatic carboxylic acids is 1. The predicted molar refractivity (Wildman–Crippen MR) is 102 cm³/mol. The van der Waals surface area contributed by atoms with Gasteiger partial charge in [-0.05, 0) is 51.0 Å². The molecule has 0 bridgehead atoms. The molecule has 0 unspecified atom stereocenters. The molecule has 0 saturated carbocycles. The third-order valence-electron chi connectivity index (χ3n) is 3.89. The van der Waals surface area contributed by atoms with Crippen LogP contribution in [0.1, 0.15) is 42.6 Å². The monoisotopic (exact) mass is 355 g/mol. The summed E-state index contributed by atoms with van der Waals surface area (Å²) < 4.78 is 5.72. The van der Waals surface area contributed by atoms with Gasteiger partial charge in [0.25, 0.3) is 5.91 Å². The van der Waals surface area contributed by atoms with Crippen molar-refractivity contribution in [3.8, 4) is 5.75 Å². The molecule has 0 radical (unpaired) electrons. The molecule has 0 aliphatic carbocycles. The topological polar surface area (TPSA) is 66.8 Å². The van der Waals surface area contributed by atoms with E-state index < -0.39 is 5.97 Å². The van der Waals surface area contributed by atoms with Crippen molar-refractivity contribution < 1.29 is 19.4 Å². The van der Waals surface area contributed by atoms with E-state index in [-0.39, 0.29) is 18.4 Å². The normalized spacial score (nSPS) is 10.6. The predicted octanol–water partition coefficient (Wildman–Crippen LogP) is 4.29. The molecule has 0 atom stereocenters. The fourth-order valence-corrected chi connectivity index (χ4v) is 2.69. The third-order valence-corrected chi connectivity index (χ3v) is 3.89. The number of anilines is 1. The van der Waals surface area contributed by atoms with E-state index in [2.05, 4.69) is 0 Å². The van der Waals surface area contributed by atoms with E-state index in [1.807, 2.05) is 63.2 Å². The molecule has 2 aromatic rings. The Labute approximate surface area is 154 Å². The smallest absolute Gasteiger partial charge is 0.303 e. The van der Waals surface area contributed by atoms with Gasteiger partial charge in [-0.25, -0.2) is 0 Å². The number of ether oxygens (including phenoxy) is 1. The molecule has 26 heavy (non-hydrogen) atoms. The van der Waals surface area contributed by atoms with Gasteiger partial charge >= 0.3 is 5.97 Å². The van der Waals surface area contributed by atoms with E-state index in [0.29, 0.717) is 30.0 Å². The first kappa shape index (κ1) is 19.5. The van der Waals surface area contributed by atoms with E-state index in [1.54, 1.807) is 11.0 Å². The summed E-state index contributed by atoms with van der Waals surface area (Å²) in [6, 6.07) is 14.7. The highest BCUT2D eigenvalue weighted by atomic mass is 16.5. The first-order valence-electron chi connectivity index (χ1n) is 8.74. The number of benzene rings is 2. The minimum atomic E-state index is -0.870. The van der Waals surface area contributed by atoms with Gasteiger partial charge in [-0.2, -0.15) is 0 Å². The Morgan fingerprint density at radius 2 is 1.85 bits per heavy atom. The molecule has 5 heteroatoms. The maximum absolute atomic E-state index is 13.1. The van der Waals surface area contributed by atoms with Crippen molar-refractivity contribution in [1.29, 1.82) is 0 Å². The Balaban J connectivity index is 2.33. The number of carbonyl (C=O) groups excluding carboxylic acids is 1. The second-order valence-corrected chi connectivity index (χ2v) is 6.43. The molecular formula is C21H25NO4. The van der Waals surface area contributed by atoms with Gasteiger partial charge < -0.3 is 14.7 Å². The Kier molecular flexibility index (Phi) is 6.78. The van der Waals surface area contributed by atoms with E-state index >= 15 is 0 Å². The lowest BCUT2D eigenvalue weighted by molar-refractivity contribution is -0.137. The molecule has 0 saturated heterocycles. The van der Waals surface area contributed by atoms with Crippen molar-refractivity contribution in [1.82, 2.24) is 0 Å². The minimum absolute atomic E-state index is 0.0136. The molecule has 2 aromatic carbocycles. The van der Waals surface area contributed by atoms with Crippen LogP contribution in [0.5, 0.6) is 5.75 Å². The summed E-state index contributed by atoms with van der Waals surface area (Å²) in [5.74, 6) is -0.335. The summed E-state index contributed by atoms with van der Waals surface area (Å²) >= 11 is 0. The molecule has 0 aromatic heterocycles. The molecular weight excluding hydrogens is 330 g/mol. The highest BCUT2D eigenvalue weighted by Gasteiger charge is 2.20. The third kappa shape index (κ3) is 5.34. The molecule has 138 valence electrons. The number of amides is 1. The van der Waals surface area contributed by atoms with Crippen molar-refractivity contribution in [2.45, 2.75) is 39.7 Å². The maximum atomic E-state index is 13.1. The quantitative estimate of drug-likeness (QED) is 0.767. The van der Waals surface area contributed by atoms with Gasteiger partial charge in [-0.15, -0.1) is 0 Å². The van der Waals surface area contributed by atoms with Crippen molar-refractivity contribution in [2.75, 3.05) is 11.4 Å². The van der Waals surface area contributed by atoms with Gasteiger partial charge in [0.15, 0.2) is 0 Å². The summed E-state index contributed by atoms with van der Waals surface area (Å²) in [6.07, 6.45) is 0.417. The molecule has 2 rings (SSSR count). The number of rotatable bonds is 8. The second kappa shape index (κ2) is 9.04. The Hall–Kier alpha value is -2.82. The fourth-order valence-electron chi connectivity index (χ4n) is 2.69. The summed E-state index contributed by atoms with van der Waals surface area (Å²) in [7, 11) is 0. The summed E-state index contributed by atoms with van der Waals surface area (Å²) in [5, 5.41) is 8.92. The van der Waals surface area contributed by atoms with Crippen LogP contribution in [0.4, 0.5) is 5.69 Å². The molecule has 1 N–H and O–H groups in total. The van der Waals surface area contributed by atoms with Crippen LogP contribution in [0.15, 0.2) is 48.5 Å². The Morgan fingerprint density at radius 3 is 2.50 bits per heavy atom. The lowest BCUT2D eigenvalue weighted by Crippen LogP contribution is -2.32. The van der Waals surface area contributed by atoms with E-state index in [1.165, 1.54) is 0 Å². The molecule has 0 heterocycles. The molecule has 1 amide bonds. The Morgan fingerprint density at radius 1 is 1.12 bits per heavy atom. The number of carboxylic acids is 1. The molecule has 0 aliphatic rings. The largest absolute Gasteiger partial charge is 0.491 e. The molecule has 0 fully saturated rings. The van der Waals surface area contributed by atoms with Gasteiger partial charge in [0, 0.05) is 30.3 Å². The number of carboxylic acid groups (broad SMARTS) is 1. The summed E-state index contributed by atoms with van der Waals surface area (Å²) in [4.78, 5) is 25.6. The minimum Gasteiger partial charge on any atom is -0.491 e. The number of hydrogen-bond acceptors (Lipinski definition) is 3. The number of carbonyl (C=O) groups is 2. The lowest BCUT2D eigenvalue weighted by atomic mass is 10.1. The van der Waals surface area contributed by atoms with Crippen molar-refractivity contribution in [3.05, 3.63) is 59.7 Å². The van der Waals surface area contributed by atoms with Crippen molar-refractivity contribution in [3.63, 3.8) is 0 Å². The molecule has 0 spiro atoms. The highest BCUT2D eigenvalue weighted by molar-refractivity contribution is 6.07. The average Bonchev–Trinajstić information content (AvgIpc) is 2.58. The summed E-state index contributed by atoms with van der Waals surface area (Å²) in [5.41, 5.74) is 2.19. The SMILES string of the molecule is Cc1ccccc1C(=O)N(CCCC(=O)O)c1cccc(OC(C)C)c1. The van der Waals surface area contributed by atoms with E-state index in [0.717, 1.165) is 5.56 Å². The fraction of sp³-hybridized carbons (Fsp3) is 0.333. The van der Waals surface area contributed by atoms with Crippen LogP contribution in [-0.2, 0) is 4.79 Å². The first-order valence-corrected chi connectivity index (χ1v) is 8.74. The maximum Gasteiger partial charge on any atom is 0.303 e. The van der Waals surface area contributed by atoms with Crippen LogP contribution in [-0.4, -0.2) is 29.6 Å². The van der Waals surface area contributed by atoms with Crippen LogP contribution in [0.25, 0.3) is 0 Å². The number of hydrogen-bond donors (Lipinski definition) is 1. The van der Waals surface area contributed by atoms with Crippen molar-refractivity contribution in [2.24, 2.45) is 0 Å². The van der Waals surface area contributed by atoms with Crippen LogP contribution < -0.4 is 9.64 Å². The zero-order chi connectivity index (χ0) is 19.1. The Bertz CT molecular complexity index is 770. The van der Waals surface area contributed by atoms with Gasteiger partial charge in [-0.3, -0.25) is 9.59 Å². The number of aryl methyl sites for hydroxylation is 1. The molecule has 0 aliphatic heterocycles. The lowest BCUT2D eigenvalue weighted by Gasteiger charge is -2.24. The first-order chi connectivity index (χ1) is 12.4. The standard InChI is InChI=1S/C21H25NO4/c1-15(2)26-18-10-6-9-17(14-18)22(13-7-12-20(23)24)21(25)19-11-5-4-8-16(19)3/h4-6,8-11,14-15H,7,12-13H2,1-3H3,(H,23,24). The van der Waals surface area contributed by atoms with Crippen LogP contribution >= 0.6 is 0 Å². The number of nitrogens with zero attached hydrogens (tertiary/aromatic N) is 1. The summed E-state index contributed by atoms with van der Waals surface area (Å²) in [6.45, 7) is 6.09. The zero-order valence-electron chi connectivity index (χ0n) is 15.4. The van der Waals surface area contributed by atoms with Gasteiger partial charge in [0.1, 0.15) is 5.75 Å². The van der Waals surface area contributed by atoms with Crippen molar-refractivity contribution >= 4 is 17.6 Å². The van der Waals surface area contributed by atoms with Crippen LogP contribution in [0.3, 0.4) is 0 Å². The molecule has 5 nitrogen and oxygen atoms in total.